The van der Waals surface area contributed by atoms with Gasteiger partial charge in [0.15, 0.2) is 5.52 Å². The number of rotatable bonds is 3. The van der Waals surface area contributed by atoms with Crippen molar-refractivity contribution in [2.24, 2.45) is 0 Å². The summed E-state index contributed by atoms with van der Waals surface area (Å²) in [5.41, 5.74) is 8.47. The van der Waals surface area contributed by atoms with Crippen LogP contribution in [0.15, 0.2) is 24.3 Å². The molecule has 0 radical (unpaired) electrons. The summed E-state index contributed by atoms with van der Waals surface area (Å²) in [5.74, 6) is 0. The van der Waals surface area contributed by atoms with E-state index in [9.17, 15) is 4.79 Å². The van der Waals surface area contributed by atoms with Crippen LogP contribution < -0.4 is 24.2 Å². The smallest absolute Gasteiger partial charge is 1.00 e. The summed E-state index contributed by atoms with van der Waals surface area (Å²) in [6.45, 7) is 17.1. The number of hydrogen-bond donors (Lipinski definition) is 0. The van der Waals surface area contributed by atoms with E-state index in [0.29, 0.717) is 0 Å². The monoisotopic (exact) mass is 348 g/mol. The molecule has 2 rings (SSSR count). The Kier molecular flexibility index (Phi) is 7.29. The molecule has 1 nitrogen and oxygen atoms in total. The van der Waals surface area contributed by atoms with Crippen molar-refractivity contribution in [1.29, 1.82) is 0 Å². The third kappa shape index (κ3) is 5.07. The van der Waals surface area contributed by atoms with Gasteiger partial charge >= 0.3 is 18.9 Å². The Morgan fingerprint density at radius 2 is 1.28 bits per heavy atom. The van der Waals surface area contributed by atoms with Gasteiger partial charge in [0.2, 0.25) is 0 Å². The van der Waals surface area contributed by atoms with Crippen LogP contribution in [-0.2, 0) is 5.41 Å². The fourth-order valence-electron chi connectivity index (χ4n) is 3.31. The quantitative estimate of drug-likeness (QED) is 0.616. The Morgan fingerprint density at radius 1 is 0.840 bits per heavy atom. The van der Waals surface area contributed by atoms with Gasteiger partial charge in [-0.3, -0.25) is 4.79 Å². The van der Waals surface area contributed by atoms with E-state index in [4.69, 9.17) is 0 Å². The summed E-state index contributed by atoms with van der Waals surface area (Å²) in [6, 6.07) is 8.70. The first-order valence-electron chi connectivity index (χ1n) is 8.51. The van der Waals surface area contributed by atoms with Crippen molar-refractivity contribution in [3.63, 3.8) is 0 Å². The number of carbonyl (C=O) groups is 1. The van der Waals surface area contributed by atoms with Crippen LogP contribution in [0.3, 0.4) is 0 Å². The van der Waals surface area contributed by atoms with Crippen LogP contribution in [0.2, 0.25) is 0 Å². The first-order chi connectivity index (χ1) is 11.0. The van der Waals surface area contributed by atoms with E-state index in [1.165, 1.54) is 27.6 Å². The third-order valence-corrected chi connectivity index (χ3v) is 6.06. The van der Waals surface area contributed by atoms with E-state index >= 15 is 0 Å². The fourth-order valence-corrected chi connectivity index (χ4v) is 4.59. The van der Waals surface area contributed by atoms with Crippen molar-refractivity contribution >= 4 is 19.4 Å². The SMILES string of the molecule is Cc1cc(C)c(C(=O)Pc2c(C)cc(C(C)(C)C)cc2C)c(C)c1.[H-].[Li+]. The van der Waals surface area contributed by atoms with Crippen LogP contribution >= 0.6 is 8.58 Å². The van der Waals surface area contributed by atoms with Crippen LogP contribution in [0.4, 0.5) is 0 Å². The maximum Gasteiger partial charge on any atom is 1.00 e. The Bertz CT molecular complexity index is 760. The minimum atomic E-state index is 0. The maximum absolute atomic E-state index is 13.0. The van der Waals surface area contributed by atoms with Crippen LogP contribution in [0.25, 0.3) is 0 Å². The molecule has 2 aromatic carbocycles. The van der Waals surface area contributed by atoms with Crippen molar-refractivity contribution in [3.8, 4) is 0 Å². The molecule has 0 aliphatic rings. The molecule has 0 N–H and O–H groups in total. The van der Waals surface area contributed by atoms with Crippen molar-refractivity contribution in [2.45, 2.75) is 60.8 Å². The van der Waals surface area contributed by atoms with E-state index in [1.807, 2.05) is 13.8 Å². The molecule has 0 bridgehead atoms. The van der Waals surface area contributed by atoms with Gasteiger partial charge in [0, 0.05) is 5.56 Å². The average molecular weight is 348 g/mol. The molecule has 0 aliphatic carbocycles. The number of carbonyl (C=O) groups excluding carboxylic acids is 1. The fraction of sp³-hybridized carbons (Fsp3) is 0.409. The summed E-state index contributed by atoms with van der Waals surface area (Å²) in [7, 11) is 0.184. The molecule has 0 saturated carbocycles. The van der Waals surface area contributed by atoms with Crippen LogP contribution in [-0.4, -0.2) is 5.52 Å². The Morgan fingerprint density at radius 3 is 1.68 bits per heavy atom. The summed E-state index contributed by atoms with van der Waals surface area (Å²) < 4.78 is 0. The number of hydrogen-bond acceptors (Lipinski definition) is 1. The zero-order valence-electron chi connectivity index (χ0n) is 18.2. The van der Waals surface area contributed by atoms with Gasteiger partial charge in [0.25, 0.3) is 0 Å². The molecular formula is C22H30LiOP. The molecule has 2 aromatic rings. The van der Waals surface area contributed by atoms with Crippen molar-refractivity contribution in [2.75, 3.05) is 0 Å². The topological polar surface area (TPSA) is 17.1 Å². The molecule has 0 aliphatic heterocycles. The summed E-state index contributed by atoms with van der Waals surface area (Å²) in [4.78, 5) is 13.0. The molecule has 1 atom stereocenters. The maximum atomic E-state index is 13.0. The Labute approximate surface area is 168 Å². The second-order valence-corrected chi connectivity index (χ2v) is 9.17. The van der Waals surface area contributed by atoms with Gasteiger partial charge in [-0.05, 0) is 81.7 Å². The first kappa shape index (κ1) is 22.2. The molecule has 0 fully saturated rings. The van der Waals surface area contributed by atoms with Gasteiger partial charge < -0.3 is 1.43 Å². The Balaban J connectivity index is 0.00000312. The Hall–Kier alpha value is -0.863. The largest absolute Gasteiger partial charge is 1.00 e. The minimum Gasteiger partial charge on any atom is -1.00 e. The summed E-state index contributed by atoms with van der Waals surface area (Å²) in [6.07, 6.45) is 0. The van der Waals surface area contributed by atoms with Gasteiger partial charge in [-0.25, -0.2) is 0 Å². The van der Waals surface area contributed by atoms with Crippen molar-refractivity contribution < 1.29 is 25.1 Å². The third-order valence-electron chi connectivity index (χ3n) is 4.54. The number of benzene rings is 2. The predicted octanol–water partition coefficient (Wildman–Crippen LogP) is 2.79. The number of aryl methyl sites for hydroxylation is 5. The standard InChI is InChI=1S/C22H29OP.Li.H/c1-13-9-14(2)19(15(3)10-13)21(23)24-20-16(4)11-18(12-17(20)5)22(6,7)8;;/h9-12,24H,1-8H3;;/q;+1;-1. The van der Waals surface area contributed by atoms with E-state index in [1.54, 1.807) is 0 Å². The molecule has 1 unspecified atom stereocenters. The van der Waals surface area contributed by atoms with Gasteiger partial charge in [0.05, 0.1) is 0 Å². The van der Waals surface area contributed by atoms with E-state index < -0.39 is 0 Å². The molecule has 3 heteroatoms. The van der Waals surface area contributed by atoms with Gasteiger partial charge in [-0.2, -0.15) is 0 Å². The van der Waals surface area contributed by atoms with Gasteiger partial charge in [0.1, 0.15) is 0 Å². The molecule has 0 heterocycles. The second-order valence-electron chi connectivity index (χ2n) is 7.96. The van der Waals surface area contributed by atoms with E-state index in [0.717, 1.165) is 16.7 Å². The summed E-state index contributed by atoms with van der Waals surface area (Å²) >= 11 is 0. The van der Waals surface area contributed by atoms with Crippen molar-refractivity contribution in [1.82, 2.24) is 0 Å². The molecule has 0 amide bonds. The minimum absolute atomic E-state index is 0. The van der Waals surface area contributed by atoms with Crippen molar-refractivity contribution in [3.05, 3.63) is 63.2 Å². The molecule has 0 aromatic heterocycles. The predicted molar refractivity (Wildman–Crippen MR) is 109 cm³/mol. The second kappa shape index (κ2) is 8.22. The van der Waals surface area contributed by atoms with Crippen LogP contribution in [0.1, 0.15) is 65.9 Å². The molecule has 130 valence electrons. The van der Waals surface area contributed by atoms with Crippen LogP contribution in [0, 0.1) is 34.6 Å². The zero-order valence-corrected chi connectivity index (χ0v) is 18.2. The summed E-state index contributed by atoms with van der Waals surface area (Å²) in [5, 5.41) is 1.20. The molecule has 0 spiro atoms. The zero-order chi connectivity index (χ0) is 18.2. The molecular weight excluding hydrogens is 318 g/mol. The van der Waals surface area contributed by atoms with Gasteiger partial charge in [-0.1, -0.05) is 50.6 Å². The normalized spacial score (nSPS) is 11.7. The average Bonchev–Trinajstić information content (AvgIpc) is 2.40. The van der Waals surface area contributed by atoms with E-state index in [-0.39, 0.29) is 39.8 Å². The van der Waals surface area contributed by atoms with Crippen LogP contribution in [0.5, 0.6) is 0 Å². The van der Waals surface area contributed by atoms with E-state index in [2.05, 4.69) is 65.8 Å². The van der Waals surface area contributed by atoms with Gasteiger partial charge in [-0.15, -0.1) is 0 Å². The molecule has 25 heavy (non-hydrogen) atoms. The molecule has 0 saturated heterocycles. The first-order valence-corrected chi connectivity index (χ1v) is 9.51.